The maximum Gasteiger partial charge on any atom is 0.408 e. The van der Waals surface area contributed by atoms with Crippen LogP contribution in [0.1, 0.15) is 65.0 Å². The van der Waals surface area contributed by atoms with Gasteiger partial charge in [-0.15, -0.1) is 0 Å². The predicted octanol–water partition coefficient (Wildman–Crippen LogP) is 3.72. The van der Waals surface area contributed by atoms with Crippen LogP contribution in [0.4, 0.5) is 4.79 Å². The van der Waals surface area contributed by atoms with Crippen LogP contribution in [0.2, 0.25) is 0 Å². The molecule has 216 valence electrons. The summed E-state index contributed by atoms with van der Waals surface area (Å²) in [4.78, 5) is 49.7. The number of carboxylic acids is 1. The Kier molecular flexibility index (Phi) is 7.74. The highest BCUT2D eigenvalue weighted by Gasteiger charge is 2.47. The van der Waals surface area contributed by atoms with Crippen molar-refractivity contribution in [1.82, 2.24) is 20.2 Å². The molecule has 2 N–H and O–H groups in total. The van der Waals surface area contributed by atoms with Crippen molar-refractivity contribution in [3.63, 3.8) is 0 Å². The molecule has 5 rings (SSSR count). The highest BCUT2D eigenvalue weighted by Crippen LogP contribution is 2.39. The minimum atomic E-state index is -1.13. The van der Waals surface area contributed by atoms with Crippen LogP contribution in [0.5, 0.6) is 11.6 Å². The molecule has 11 heteroatoms. The largest absolute Gasteiger partial charge is 0.497 e. The second-order valence-electron chi connectivity index (χ2n) is 12.1. The summed E-state index contributed by atoms with van der Waals surface area (Å²) >= 11 is 0. The Morgan fingerprint density at radius 1 is 1.10 bits per heavy atom. The number of alkyl carbamates (subject to hydrolysis) is 1. The standard InChI is InChI=1S/C29H38N4O7/c1-29(2,3)24-26(34)33-15-18(14-22(33)27(35)36)39-25-20(30-19-11-10-17(38-4)13-21(19)31-25)9-7-5-6-8-16-12-23(16)40-28(37)32-24/h10-11,13,16,18,22-24H,5-9,12,14-15H2,1-4H3,(H,32,37)(H,35,36)/t16-,18-,22?,23+,24?/m0/s1. The van der Waals surface area contributed by atoms with Crippen LogP contribution in [0.25, 0.3) is 11.0 Å². The van der Waals surface area contributed by atoms with E-state index in [0.29, 0.717) is 35.2 Å². The normalized spacial score (nSPS) is 27.8. The van der Waals surface area contributed by atoms with Gasteiger partial charge >= 0.3 is 12.1 Å². The van der Waals surface area contributed by atoms with Gasteiger partial charge in [-0.3, -0.25) is 4.79 Å². The number of fused-ring (bicyclic) bond motifs is 5. The minimum Gasteiger partial charge on any atom is -0.497 e. The number of aromatic nitrogens is 2. The fourth-order valence-electron chi connectivity index (χ4n) is 5.60. The molecule has 3 heterocycles. The third-order valence-corrected chi connectivity index (χ3v) is 8.00. The Balaban J connectivity index is 1.48. The fourth-order valence-corrected chi connectivity index (χ4v) is 5.60. The number of aryl methyl sites for hydroxylation is 1. The molecule has 1 saturated heterocycles. The molecule has 2 unspecified atom stereocenters. The second-order valence-corrected chi connectivity index (χ2v) is 12.1. The number of carbonyl (C=O) groups excluding carboxylic acids is 2. The lowest BCUT2D eigenvalue weighted by Crippen LogP contribution is -2.57. The zero-order chi connectivity index (χ0) is 28.6. The molecule has 1 aliphatic carbocycles. The van der Waals surface area contributed by atoms with E-state index >= 15 is 0 Å². The summed E-state index contributed by atoms with van der Waals surface area (Å²) in [5.74, 6) is -0.301. The van der Waals surface area contributed by atoms with Gasteiger partial charge in [-0.05, 0) is 49.1 Å². The lowest BCUT2D eigenvalue weighted by Gasteiger charge is -2.34. The van der Waals surface area contributed by atoms with Gasteiger partial charge in [0.05, 0.1) is 24.7 Å². The molecule has 5 atom stereocenters. The molecule has 1 aromatic carbocycles. The van der Waals surface area contributed by atoms with Crippen LogP contribution >= 0.6 is 0 Å². The highest BCUT2D eigenvalue weighted by atomic mass is 16.6. The highest BCUT2D eigenvalue weighted by molar-refractivity contribution is 5.90. The summed E-state index contributed by atoms with van der Waals surface area (Å²) in [6.07, 6.45) is 3.97. The van der Waals surface area contributed by atoms with E-state index in [9.17, 15) is 19.5 Å². The van der Waals surface area contributed by atoms with Gasteiger partial charge in [0.2, 0.25) is 11.8 Å². The van der Waals surface area contributed by atoms with Gasteiger partial charge in [0.25, 0.3) is 0 Å². The monoisotopic (exact) mass is 554 g/mol. The number of nitrogens with one attached hydrogen (secondary N) is 1. The van der Waals surface area contributed by atoms with Crippen LogP contribution in [-0.2, 0) is 20.7 Å². The number of benzene rings is 1. The van der Waals surface area contributed by atoms with Gasteiger partial charge in [-0.25, -0.2) is 19.6 Å². The van der Waals surface area contributed by atoms with Crippen molar-refractivity contribution in [2.75, 3.05) is 13.7 Å². The number of ether oxygens (including phenoxy) is 3. The van der Waals surface area contributed by atoms with E-state index in [-0.39, 0.29) is 19.1 Å². The first-order valence-corrected chi connectivity index (χ1v) is 14.0. The van der Waals surface area contributed by atoms with Crippen LogP contribution < -0.4 is 14.8 Å². The van der Waals surface area contributed by atoms with Gasteiger partial charge in [0.1, 0.15) is 35.7 Å². The number of hydrogen-bond acceptors (Lipinski definition) is 8. The maximum atomic E-state index is 13.8. The van der Waals surface area contributed by atoms with Gasteiger partial charge in [0.15, 0.2) is 0 Å². The second kappa shape index (κ2) is 11.1. The Bertz CT molecular complexity index is 1290. The number of carbonyl (C=O) groups is 3. The van der Waals surface area contributed by atoms with Crippen molar-refractivity contribution in [1.29, 1.82) is 0 Å². The summed E-state index contributed by atoms with van der Waals surface area (Å²) in [6, 6.07) is 3.40. The number of amides is 2. The van der Waals surface area contributed by atoms with Crippen molar-refractivity contribution in [3.05, 3.63) is 23.9 Å². The molecule has 1 saturated carbocycles. The van der Waals surface area contributed by atoms with Crippen molar-refractivity contribution in [2.45, 2.75) is 90.0 Å². The van der Waals surface area contributed by atoms with Crippen LogP contribution in [0.15, 0.2) is 18.2 Å². The number of methoxy groups -OCH3 is 1. The third kappa shape index (κ3) is 6.08. The molecule has 2 fully saturated rings. The SMILES string of the molecule is COc1ccc2nc3c(nc2c1)O[C@H]1CC(C(=O)O)N(C1)C(=O)C(C(C)(C)C)NC(=O)O[C@@H]1C[C@@H]1CCCCC3. The van der Waals surface area contributed by atoms with Crippen molar-refractivity contribution in [2.24, 2.45) is 11.3 Å². The summed E-state index contributed by atoms with van der Waals surface area (Å²) in [6.45, 7) is 5.52. The molecule has 2 amide bonds. The van der Waals surface area contributed by atoms with Crippen LogP contribution in [0, 0.1) is 11.3 Å². The molecule has 2 bridgehead atoms. The topological polar surface area (TPSA) is 140 Å². The zero-order valence-corrected chi connectivity index (χ0v) is 23.5. The smallest absolute Gasteiger partial charge is 0.408 e. The molecule has 2 aromatic rings. The number of aliphatic carboxylic acids is 1. The van der Waals surface area contributed by atoms with Crippen LogP contribution in [0.3, 0.4) is 0 Å². The fraction of sp³-hybridized carbons (Fsp3) is 0.621. The first-order chi connectivity index (χ1) is 19.0. The molecule has 1 aromatic heterocycles. The van der Waals surface area contributed by atoms with Crippen LogP contribution in [-0.4, -0.2) is 75.9 Å². The lowest BCUT2D eigenvalue weighted by molar-refractivity contribution is -0.150. The lowest BCUT2D eigenvalue weighted by atomic mass is 9.85. The number of hydrogen-bond donors (Lipinski definition) is 2. The third-order valence-electron chi connectivity index (χ3n) is 8.00. The van der Waals surface area contributed by atoms with Crippen molar-refractivity contribution >= 4 is 29.0 Å². The van der Waals surface area contributed by atoms with Crippen molar-refractivity contribution in [3.8, 4) is 11.6 Å². The zero-order valence-electron chi connectivity index (χ0n) is 23.5. The van der Waals surface area contributed by atoms with E-state index in [1.807, 2.05) is 32.9 Å². The van der Waals surface area contributed by atoms with Gasteiger partial charge in [0, 0.05) is 12.5 Å². The Morgan fingerprint density at radius 2 is 1.90 bits per heavy atom. The molecule has 3 aliphatic rings. The average molecular weight is 555 g/mol. The Labute approximate surface area is 233 Å². The first-order valence-electron chi connectivity index (χ1n) is 14.0. The Hall–Kier alpha value is -3.63. The van der Waals surface area contributed by atoms with E-state index < -0.39 is 41.6 Å². The summed E-state index contributed by atoms with van der Waals surface area (Å²) < 4.78 is 17.3. The van der Waals surface area contributed by atoms with Gasteiger partial charge < -0.3 is 29.5 Å². The van der Waals surface area contributed by atoms with Gasteiger partial charge in [-0.2, -0.15) is 0 Å². The molecule has 2 aliphatic heterocycles. The van der Waals surface area contributed by atoms with E-state index in [0.717, 1.165) is 37.6 Å². The molecule has 0 spiro atoms. The Morgan fingerprint density at radius 3 is 2.62 bits per heavy atom. The summed E-state index contributed by atoms with van der Waals surface area (Å²) in [7, 11) is 1.58. The molecule has 40 heavy (non-hydrogen) atoms. The predicted molar refractivity (Wildman–Crippen MR) is 145 cm³/mol. The minimum absolute atomic E-state index is 0.0427. The van der Waals surface area contributed by atoms with E-state index in [4.69, 9.17) is 24.2 Å². The van der Waals surface area contributed by atoms with E-state index in [1.165, 1.54) is 4.90 Å². The van der Waals surface area contributed by atoms with E-state index in [2.05, 4.69) is 5.32 Å². The molecular weight excluding hydrogens is 516 g/mol. The first kappa shape index (κ1) is 27.9. The molecular formula is C29H38N4O7. The maximum absolute atomic E-state index is 13.8. The number of rotatable bonds is 2. The van der Waals surface area contributed by atoms with Gasteiger partial charge in [-0.1, -0.05) is 33.6 Å². The summed E-state index contributed by atoms with van der Waals surface area (Å²) in [5.41, 5.74) is 1.36. The average Bonchev–Trinajstić information content (AvgIpc) is 3.48. The molecule has 11 nitrogen and oxygen atoms in total. The number of carboxylic acid groups (broad SMARTS) is 1. The van der Waals surface area contributed by atoms with Crippen molar-refractivity contribution < 1.29 is 33.7 Å². The number of nitrogens with zero attached hydrogens (tertiary/aromatic N) is 3. The quantitative estimate of drug-likeness (QED) is 0.568. The summed E-state index contributed by atoms with van der Waals surface area (Å²) in [5, 5.41) is 12.7. The molecule has 0 radical (unpaired) electrons. The van der Waals surface area contributed by atoms with E-state index in [1.54, 1.807) is 13.2 Å².